The molecule has 0 amide bonds. The van der Waals surface area contributed by atoms with E-state index < -0.39 is 5.60 Å². The molecule has 0 saturated heterocycles. The van der Waals surface area contributed by atoms with E-state index in [4.69, 9.17) is 4.74 Å². The fourth-order valence-electron chi connectivity index (χ4n) is 2.32. The van der Waals surface area contributed by atoms with Gasteiger partial charge < -0.3 is 9.84 Å². The average molecular weight is 353 g/mol. The Morgan fingerprint density at radius 1 is 1.14 bits per heavy atom. The van der Waals surface area contributed by atoms with Gasteiger partial charge in [0, 0.05) is 17.3 Å². The van der Waals surface area contributed by atoms with Crippen molar-refractivity contribution >= 4 is 15.9 Å². The van der Waals surface area contributed by atoms with Crippen molar-refractivity contribution in [3.8, 4) is 5.75 Å². The largest absolute Gasteiger partial charge is 0.497 e. The minimum Gasteiger partial charge on any atom is -0.497 e. The quantitative estimate of drug-likeness (QED) is 0.876. The van der Waals surface area contributed by atoms with Crippen molar-refractivity contribution in [3.63, 3.8) is 0 Å². The highest BCUT2D eigenvalue weighted by atomic mass is 79.9. The molecule has 0 aliphatic heterocycles. The van der Waals surface area contributed by atoms with Gasteiger partial charge in [-0.25, -0.2) is 4.39 Å². The van der Waals surface area contributed by atoms with Crippen molar-refractivity contribution < 1.29 is 14.2 Å². The first kappa shape index (κ1) is 16.0. The molecular formula is C17H18BrFO2. The summed E-state index contributed by atoms with van der Waals surface area (Å²) in [5, 5.41) is 10.6. The lowest BCUT2D eigenvalue weighted by atomic mass is 9.90. The molecule has 0 bridgehead atoms. The highest BCUT2D eigenvalue weighted by molar-refractivity contribution is 9.10. The van der Waals surface area contributed by atoms with Crippen molar-refractivity contribution in [1.82, 2.24) is 0 Å². The molecule has 0 aromatic heterocycles. The first-order valence-corrected chi connectivity index (χ1v) is 7.48. The SMILES string of the molecule is COc1ccc(CC(C)(O)Cc2ccc(F)cc2Br)cc1. The molecule has 0 radical (unpaired) electrons. The van der Waals surface area contributed by atoms with Crippen LogP contribution >= 0.6 is 15.9 Å². The van der Waals surface area contributed by atoms with Gasteiger partial charge in [-0.3, -0.25) is 0 Å². The van der Waals surface area contributed by atoms with Crippen LogP contribution in [0.5, 0.6) is 5.75 Å². The molecule has 0 aliphatic carbocycles. The molecule has 2 aromatic rings. The molecule has 2 rings (SSSR count). The van der Waals surface area contributed by atoms with Crippen molar-refractivity contribution in [3.05, 3.63) is 63.9 Å². The summed E-state index contributed by atoms with van der Waals surface area (Å²) in [5.41, 5.74) is 1.00. The summed E-state index contributed by atoms with van der Waals surface area (Å²) >= 11 is 3.34. The lowest BCUT2D eigenvalue weighted by molar-refractivity contribution is 0.0606. The zero-order valence-corrected chi connectivity index (χ0v) is 13.7. The minimum absolute atomic E-state index is 0.291. The molecule has 0 fully saturated rings. The third kappa shape index (κ3) is 4.55. The number of benzene rings is 2. The second-order valence-electron chi connectivity index (χ2n) is 5.43. The molecule has 0 heterocycles. The summed E-state index contributed by atoms with van der Waals surface area (Å²) in [7, 11) is 1.62. The van der Waals surface area contributed by atoms with Crippen LogP contribution in [0.25, 0.3) is 0 Å². The maximum Gasteiger partial charge on any atom is 0.124 e. The van der Waals surface area contributed by atoms with Gasteiger partial charge in [0.05, 0.1) is 12.7 Å². The van der Waals surface area contributed by atoms with Crippen molar-refractivity contribution in [2.24, 2.45) is 0 Å². The van der Waals surface area contributed by atoms with E-state index in [1.807, 2.05) is 24.3 Å². The molecule has 2 aromatic carbocycles. The maximum absolute atomic E-state index is 13.1. The number of ether oxygens (including phenoxy) is 1. The zero-order chi connectivity index (χ0) is 15.5. The van der Waals surface area contributed by atoms with Gasteiger partial charge in [0.25, 0.3) is 0 Å². The Labute approximate surface area is 132 Å². The van der Waals surface area contributed by atoms with Gasteiger partial charge in [0.1, 0.15) is 11.6 Å². The van der Waals surface area contributed by atoms with Crippen LogP contribution in [0.15, 0.2) is 46.9 Å². The number of rotatable bonds is 5. The van der Waals surface area contributed by atoms with E-state index in [0.29, 0.717) is 17.3 Å². The number of hydrogen-bond donors (Lipinski definition) is 1. The van der Waals surface area contributed by atoms with Gasteiger partial charge in [-0.15, -0.1) is 0 Å². The Morgan fingerprint density at radius 2 is 1.81 bits per heavy atom. The summed E-state index contributed by atoms with van der Waals surface area (Å²) in [6, 6.07) is 12.1. The number of methoxy groups -OCH3 is 1. The molecule has 0 spiro atoms. The van der Waals surface area contributed by atoms with Gasteiger partial charge in [-0.05, 0) is 42.3 Å². The van der Waals surface area contributed by atoms with Crippen LogP contribution in [0.3, 0.4) is 0 Å². The summed E-state index contributed by atoms with van der Waals surface area (Å²) in [6.07, 6.45) is 0.959. The predicted molar refractivity (Wildman–Crippen MR) is 85.1 cm³/mol. The lowest BCUT2D eigenvalue weighted by Gasteiger charge is -2.24. The van der Waals surface area contributed by atoms with E-state index >= 15 is 0 Å². The van der Waals surface area contributed by atoms with Crippen LogP contribution in [-0.2, 0) is 12.8 Å². The van der Waals surface area contributed by atoms with Crippen LogP contribution < -0.4 is 4.74 Å². The van der Waals surface area contributed by atoms with E-state index in [9.17, 15) is 9.50 Å². The first-order chi connectivity index (χ1) is 9.89. The molecular weight excluding hydrogens is 335 g/mol. The van der Waals surface area contributed by atoms with Gasteiger partial charge in [0.2, 0.25) is 0 Å². The van der Waals surface area contributed by atoms with E-state index in [2.05, 4.69) is 15.9 Å². The van der Waals surface area contributed by atoms with Crippen molar-refractivity contribution in [1.29, 1.82) is 0 Å². The molecule has 2 nitrogen and oxygen atoms in total. The summed E-state index contributed by atoms with van der Waals surface area (Å²) < 4.78 is 18.9. The van der Waals surface area contributed by atoms with E-state index in [1.165, 1.54) is 12.1 Å². The van der Waals surface area contributed by atoms with Crippen LogP contribution in [0.2, 0.25) is 0 Å². The zero-order valence-electron chi connectivity index (χ0n) is 12.1. The third-order valence-electron chi connectivity index (χ3n) is 3.33. The van der Waals surface area contributed by atoms with Gasteiger partial charge in [-0.1, -0.05) is 34.1 Å². The fourth-order valence-corrected chi connectivity index (χ4v) is 2.81. The Balaban J connectivity index is 2.10. The Hall–Kier alpha value is -1.39. The summed E-state index contributed by atoms with van der Waals surface area (Å²) in [5.74, 6) is 0.500. The number of halogens is 2. The number of hydrogen-bond acceptors (Lipinski definition) is 2. The van der Waals surface area contributed by atoms with Crippen molar-refractivity contribution in [2.45, 2.75) is 25.4 Å². The van der Waals surface area contributed by atoms with Crippen LogP contribution in [-0.4, -0.2) is 17.8 Å². The average Bonchev–Trinajstić information content (AvgIpc) is 2.42. The van der Waals surface area contributed by atoms with Crippen LogP contribution in [0, 0.1) is 5.82 Å². The summed E-state index contributed by atoms with van der Waals surface area (Å²) in [4.78, 5) is 0. The smallest absolute Gasteiger partial charge is 0.124 e. The van der Waals surface area contributed by atoms with Crippen LogP contribution in [0.4, 0.5) is 4.39 Å². The standard InChI is InChI=1S/C17H18BrFO2/c1-17(20,10-12-3-7-15(21-2)8-4-12)11-13-5-6-14(19)9-16(13)18/h3-9,20H,10-11H2,1-2H3. The molecule has 0 saturated carbocycles. The molecule has 21 heavy (non-hydrogen) atoms. The molecule has 0 aliphatic rings. The summed E-state index contributed by atoms with van der Waals surface area (Å²) in [6.45, 7) is 1.78. The van der Waals surface area contributed by atoms with E-state index in [0.717, 1.165) is 16.9 Å². The monoisotopic (exact) mass is 352 g/mol. The Morgan fingerprint density at radius 3 is 2.38 bits per heavy atom. The normalized spacial score (nSPS) is 13.8. The molecule has 4 heteroatoms. The molecule has 1 N–H and O–H groups in total. The van der Waals surface area contributed by atoms with Gasteiger partial charge in [-0.2, -0.15) is 0 Å². The molecule has 112 valence electrons. The van der Waals surface area contributed by atoms with Crippen LogP contribution in [0.1, 0.15) is 18.1 Å². The maximum atomic E-state index is 13.1. The van der Waals surface area contributed by atoms with Gasteiger partial charge >= 0.3 is 0 Å². The Kier molecular flexibility index (Phi) is 5.01. The van der Waals surface area contributed by atoms with Crippen molar-refractivity contribution in [2.75, 3.05) is 7.11 Å². The molecule has 1 atom stereocenters. The van der Waals surface area contributed by atoms with Gasteiger partial charge in [0.15, 0.2) is 0 Å². The second-order valence-corrected chi connectivity index (χ2v) is 6.29. The topological polar surface area (TPSA) is 29.5 Å². The highest BCUT2D eigenvalue weighted by Crippen LogP contribution is 2.25. The molecule has 1 unspecified atom stereocenters. The van der Waals surface area contributed by atoms with E-state index in [-0.39, 0.29) is 5.82 Å². The minimum atomic E-state index is -0.908. The Bertz CT molecular complexity index is 609. The predicted octanol–water partition coefficient (Wildman–Crippen LogP) is 4.13. The number of aliphatic hydroxyl groups is 1. The van der Waals surface area contributed by atoms with E-state index in [1.54, 1.807) is 20.1 Å². The lowest BCUT2D eigenvalue weighted by Crippen LogP contribution is -2.30. The first-order valence-electron chi connectivity index (χ1n) is 6.69. The second kappa shape index (κ2) is 6.58. The third-order valence-corrected chi connectivity index (χ3v) is 4.07. The highest BCUT2D eigenvalue weighted by Gasteiger charge is 2.22. The fraction of sp³-hybridized carbons (Fsp3) is 0.294.